The standard InChI is InChI=1S/C24H26N6O5S2.C13H14BrN3O2.C13H15BrN2O4.C11H9BrN2O3.C9H7BrN2O2.C9H5BrN2O2.C5H5BrN2/c1-15-24(36-16(2)27-15)37(32,33)28-20-10-18(11-26-22(20)34-3)17-4-5-21-25-12-19(23(31)30(21)14-17)13-29-6-8-35-9-7-29;14-11-1-2-12-15-7-10(13(18)17(12)9-11)8-16-3-5-19-6-4-16;1-3-19-12(17)10(13(18)20-4-2)8-16-11-6-5-9(14)7-15-11;1-2-17-11(16)8-5-13-9-4-3-7(12)6-14(9)10(8)15;2*10-7-1-2-8-11-3-6(5-13)9(14)12(8)4-7;6-4-1-2-5(7)8-3-4/h4-5,10-12,14,28H,6-9,13H2,1-3H3;1-2,7,9H,3-6,8H2;5-8H,3-4H2,1-2H3,(H,15,16);3-6H,2H2,1H3;1-4,13H,5H2;1-5H;1-3H,(H2,7,8). The number of ether oxygens (including phenoxy) is 6. The Bertz CT molecular complexity index is 6800. The molecule has 0 atom stereocenters. The molecule has 0 aliphatic carbocycles. The molecule has 0 radical (unpaired) electrons. The number of nitrogens with two attached hydrogens (primary N) is 1. The molecular weight excluding hydrogens is 2110 g/mol. The van der Waals surface area contributed by atoms with E-state index in [4.69, 9.17) is 39.3 Å². The number of aliphatic hydroxyl groups excluding tert-OH is 1. The number of sulfonamides is 1. The highest BCUT2D eigenvalue weighted by Crippen LogP contribution is 2.33. The maximum atomic E-state index is 13.3. The highest BCUT2D eigenvalue weighted by atomic mass is 79.9. The maximum absolute atomic E-state index is 13.3. The van der Waals surface area contributed by atoms with Gasteiger partial charge in [-0.25, -0.2) is 67.7 Å². The summed E-state index contributed by atoms with van der Waals surface area (Å²) in [5, 5.41) is 12.3. The summed E-state index contributed by atoms with van der Waals surface area (Å²) in [5.41, 5.74) is 10.1. The number of nitrogen functional groups attached to an aromatic ring is 1. The van der Waals surface area contributed by atoms with Crippen LogP contribution in [-0.2, 0) is 63.0 Å². The van der Waals surface area contributed by atoms with Crippen LogP contribution in [-0.4, -0.2) is 194 Å². The van der Waals surface area contributed by atoms with Crippen LogP contribution in [0.2, 0.25) is 0 Å². The number of morpholine rings is 2. The van der Waals surface area contributed by atoms with Crippen LogP contribution in [0, 0.1) is 13.8 Å². The zero-order valence-corrected chi connectivity index (χ0v) is 80.6. The van der Waals surface area contributed by atoms with E-state index < -0.39 is 33.5 Å². The number of anilines is 3. The second-order valence-electron chi connectivity index (χ2n) is 26.9. The number of pyridine rings is 8. The van der Waals surface area contributed by atoms with Gasteiger partial charge < -0.3 is 44.6 Å². The van der Waals surface area contributed by atoms with Crippen molar-refractivity contribution in [3.05, 3.63) is 300 Å². The maximum Gasteiger partial charge on any atom is 0.347 e. The molecule has 16 rings (SSSR count). The molecule has 45 heteroatoms. The number of carbonyl (C=O) groups excluding carboxylic acids is 4. The van der Waals surface area contributed by atoms with Crippen molar-refractivity contribution < 1.29 is 61.1 Å². The van der Waals surface area contributed by atoms with E-state index in [2.05, 4.69) is 160 Å². The van der Waals surface area contributed by atoms with Crippen LogP contribution in [0.5, 0.6) is 5.88 Å². The number of fused-ring (bicyclic) bond motifs is 5. The number of carbonyl (C=O) groups is 4. The van der Waals surface area contributed by atoms with Crippen LogP contribution in [0.25, 0.3) is 39.4 Å². The van der Waals surface area contributed by atoms with Gasteiger partial charge in [-0.1, -0.05) is 0 Å². The van der Waals surface area contributed by atoms with Gasteiger partial charge in [0.25, 0.3) is 37.8 Å². The number of hydrogen-bond acceptors (Lipinski definition) is 32. The third kappa shape index (κ3) is 27.8. The summed E-state index contributed by atoms with van der Waals surface area (Å²) in [5.74, 6) is -0.975. The minimum atomic E-state index is -3.91. The van der Waals surface area contributed by atoms with Gasteiger partial charge in [-0.2, -0.15) is 0 Å². The number of esters is 3. The largest absolute Gasteiger partial charge is 0.480 e. The molecule has 14 aromatic rings. The van der Waals surface area contributed by atoms with Crippen LogP contribution < -0.4 is 48.3 Å². The molecule has 0 spiro atoms. The molecule has 2 aliphatic rings. The molecule has 2 aliphatic heterocycles. The van der Waals surface area contributed by atoms with Gasteiger partial charge in [-0.15, -0.1) is 11.3 Å². The molecule has 674 valence electrons. The van der Waals surface area contributed by atoms with E-state index in [1.807, 2.05) is 24.3 Å². The number of aromatic nitrogens is 14. The Balaban J connectivity index is 0.000000164. The first-order valence-corrected chi connectivity index (χ1v) is 45.8. The Kier molecular flexibility index (Phi) is 37.3. The second-order valence-corrected chi connectivity index (χ2v) is 35.5. The minimum Gasteiger partial charge on any atom is -0.480 e. The second kappa shape index (κ2) is 48.3. The zero-order chi connectivity index (χ0) is 93.0. The number of nitrogens with zero attached hydrogens (tertiary/aromatic N) is 16. The van der Waals surface area contributed by atoms with E-state index in [1.165, 1.54) is 49.5 Å². The van der Waals surface area contributed by atoms with E-state index in [9.17, 15) is 51.6 Å². The number of rotatable bonds is 19. The minimum absolute atomic E-state index is 0.00204. The number of hydrogen-bond donors (Lipinski definition) is 4. The van der Waals surface area contributed by atoms with Gasteiger partial charge in [-0.05, 0) is 221 Å². The first-order chi connectivity index (χ1) is 61.9. The fourth-order valence-electron chi connectivity index (χ4n) is 11.7. The summed E-state index contributed by atoms with van der Waals surface area (Å²) < 4.78 is 71.3. The normalized spacial score (nSPS) is 12.4. The molecule has 0 unspecified atom stereocenters. The highest BCUT2D eigenvalue weighted by Gasteiger charge is 2.26. The van der Waals surface area contributed by atoms with E-state index >= 15 is 0 Å². The average Bonchev–Trinajstić information content (AvgIpc) is 1.70. The predicted molar refractivity (Wildman–Crippen MR) is 503 cm³/mol. The summed E-state index contributed by atoms with van der Waals surface area (Å²) in [7, 11) is -2.49. The van der Waals surface area contributed by atoms with E-state index in [0.717, 1.165) is 83.1 Å². The molecule has 0 saturated carbocycles. The number of aryl methyl sites for hydroxylation is 2. The smallest absolute Gasteiger partial charge is 0.347 e. The monoisotopic (exact) mass is 2180 g/mol. The number of aliphatic hydroxyl groups is 1. The van der Waals surface area contributed by atoms with Gasteiger partial charge in [-0.3, -0.25) is 65.3 Å². The first-order valence-electron chi connectivity index (χ1n) is 38.7. The molecule has 129 heavy (non-hydrogen) atoms. The summed E-state index contributed by atoms with van der Waals surface area (Å²) in [6.07, 6.45) is 22.0. The lowest BCUT2D eigenvalue weighted by molar-refractivity contribution is -0.146. The topological polar surface area (TPSA) is 458 Å². The van der Waals surface area contributed by atoms with Crippen LogP contribution >= 0.6 is 107 Å². The number of aldehydes is 1. The highest BCUT2D eigenvalue weighted by molar-refractivity contribution is 9.11. The summed E-state index contributed by atoms with van der Waals surface area (Å²) >= 11 is 20.7. The van der Waals surface area contributed by atoms with Crippen molar-refractivity contribution in [3.8, 4) is 17.0 Å². The molecule has 5 N–H and O–H groups in total. The van der Waals surface area contributed by atoms with Crippen LogP contribution in [0.4, 0.5) is 17.3 Å². The summed E-state index contributed by atoms with van der Waals surface area (Å²) in [6, 6.07) is 26.4. The van der Waals surface area contributed by atoms with Gasteiger partial charge in [0.1, 0.15) is 51.1 Å². The lowest BCUT2D eigenvalue weighted by atomic mass is 10.1. The number of thiazole rings is 1. The molecule has 2 saturated heterocycles. The molecule has 2 fully saturated rings. The van der Waals surface area contributed by atoms with E-state index in [1.54, 1.807) is 168 Å². The number of methoxy groups -OCH3 is 1. The van der Waals surface area contributed by atoms with E-state index in [0.29, 0.717) is 105 Å². The van der Waals surface area contributed by atoms with Crippen molar-refractivity contribution in [1.82, 2.24) is 76.7 Å². The van der Waals surface area contributed by atoms with Gasteiger partial charge in [0.15, 0.2) is 16.1 Å². The van der Waals surface area contributed by atoms with Crippen LogP contribution in [0.15, 0.2) is 238 Å². The Morgan fingerprint density at radius 3 is 1.40 bits per heavy atom. The Morgan fingerprint density at radius 2 is 0.961 bits per heavy atom. The fraction of sp³-hybridized carbons (Fsp3) is 0.238. The fourth-order valence-corrected chi connectivity index (χ4v) is 16.1. The predicted octanol–water partition coefficient (Wildman–Crippen LogP) is 11.3. The van der Waals surface area contributed by atoms with Gasteiger partial charge in [0.05, 0.1) is 92.9 Å². The SMILES string of the molecule is CCOC(=O)C(=CNc1ccc(Br)cn1)C(=O)OCC.CCOC(=O)c1cnc2ccc(Br)cn2c1=O.COc1ncc(-c2ccc3ncc(CN4CCOCC4)c(=O)n3c2)cc1NS(=O)(=O)c1sc(C)nc1C.Nc1ccc(Br)cn1.O=Cc1cnc2ccc(Br)cn2c1=O.O=c1c(CN2CCOCC2)cnc2ccc(Br)cn12.O=c1c(CO)cnc2ccc(Br)cn12. The summed E-state index contributed by atoms with van der Waals surface area (Å²) in [6.45, 7) is 15.8. The van der Waals surface area contributed by atoms with Gasteiger partial charge >= 0.3 is 17.9 Å². The molecule has 0 amide bonds. The van der Waals surface area contributed by atoms with Crippen molar-refractivity contribution in [2.24, 2.45) is 0 Å². The van der Waals surface area contributed by atoms with Crippen molar-refractivity contribution in [2.75, 3.05) is 95.3 Å². The Hall–Kier alpha value is -11.5. The van der Waals surface area contributed by atoms with Crippen molar-refractivity contribution in [2.45, 2.75) is 58.5 Å². The molecule has 16 heterocycles. The lowest BCUT2D eigenvalue weighted by Crippen LogP contribution is -2.37. The first kappa shape index (κ1) is 99.7. The van der Waals surface area contributed by atoms with Crippen molar-refractivity contribution in [1.29, 1.82) is 0 Å². The average molecular weight is 2190 g/mol. The third-order valence-corrected chi connectivity index (χ3v) is 23.8. The van der Waals surface area contributed by atoms with Gasteiger partial charge in [0, 0.05) is 164 Å². The third-order valence-electron chi connectivity index (χ3n) is 18.0. The van der Waals surface area contributed by atoms with Gasteiger partial charge in [0.2, 0.25) is 5.88 Å². The number of halogens is 6. The quantitative estimate of drug-likeness (QED) is 0.0146. The Morgan fingerprint density at radius 1 is 0.519 bits per heavy atom. The Labute approximate surface area is 789 Å². The van der Waals surface area contributed by atoms with Crippen molar-refractivity contribution >= 4 is 187 Å². The molecule has 0 bridgehead atoms. The summed E-state index contributed by atoms with van der Waals surface area (Å²) in [4.78, 5) is 148. The lowest BCUT2D eigenvalue weighted by Gasteiger charge is -2.26. The van der Waals surface area contributed by atoms with Crippen molar-refractivity contribution in [3.63, 3.8) is 0 Å². The molecule has 14 aromatic heterocycles. The molecule has 37 nitrogen and oxygen atoms in total. The van der Waals surface area contributed by atoms with Crippen LogP contribution in [0.1, 0.15) is 68.9 Å². The molecule has 0 aromatic carbocycles. The van der Waals surface area contributed by atoms with E-state index in [-0.39, 0.29) is 81.1 Å². The number of nitrogens with one attached hydrogen (secondary N) is 2. The zero-order valence-electron chi connectivity index (χ0n) is 69.4. The van der Waals surface area contributed by atoms with Crippen LogP contribution in [0.3, 0.4) is 0 Å². The molecular formula is C84H81Br6N19O18S2.